The van der Waals surface area contributed by atoms with Crippen molar-refractivity contribution in [3.05, 3.63) is 0 Å². The normalized spacial score (nSPS) is 23.6. The van der Waals surface area contributed by atoms with Gasteiger partial charge in [-0.25, -0.2) is 0 Å². The van der Waals surface area contributed by atoms with Crippen LogP contribution in [0.3, 0.4) is 0 Å². The number of rotatable bonds is 4. The highest BCUT2D eigenvalue weighted by Crippen LogP contribution is 2.30. The molecule has 102 valence electrons. The van der Waals surface area contributed by atoms with Crippen LogP contribution in [0.1, 0.15) is 60.8 Å². The molecule has 1 aliphatic rings. The third-order valence-corrected chi connectivity index (χ3v) is 3.99. The maximum absolute atomic E-state index is 3.58. The summed E-state index contributed by atoms with van der Waals surface area (Å²) in [5, 5.41) is 3.58. The fraction of sp³-hybridized carbons (Fsp3) is 1.00. The minimum Gasteiger partial charge on any atom is -0.312 e. The van der Waals surface area contributed by atoms with Crippen molar-refractivity contribution < 1.29 is 0 Å². The molecule has 0 amide bonds. The van der Waals surface area contributed by atoms with Crippen molar-refractivity contribution in [3.8, 4) is 0 Å². The van der Waals surface area contributed by atoms with E-state index in [-0.39, 0.29) is 5.54 Å². The summed E-state index contributed by atoms with van der Waals surface area (Å²) in [5.74, 6) is 0. The molecule has 1 atom stereocenters. The maximum atomic E-state index is 3.58. The lowest BCUT2D eigenvalue weighted by molar-refractivity contribution is 0.0960. The first kappa shape index (κ1) is 15.0. The highest BCUT2D eigenvalue weighted by Gasteiger charge is 2.27. The minimum atomic E-state index is 0.254. The first-order valence-corrected chi connectivity index (χ1v) is 7.19. The molecular formula is C15H32N2. The van der Waals surface area contributed by atoms with Crippen LogP contribution in [0.25, 0.3) is 0 Å². The van der Waals surface area contributed by atoms with Crippen molar-refractivity contribution in [1.29, 1.82) is 0 Å². The smallest absolute Gasteiger partial charge is 0.00965 e. The maximum Gasteiger partial charge on any atom is 0.00965 e. The predicted octanol–water partition coefficient (Wildman–Crippen LogP) is 3.28. The number of hydrogen-bond donors (Lipinski definition) is 1. The third kappa shape index (κ3) is 5.87. The Balaban J connectivity index is 2.23. The van der Waals surface area contributed by atoms with Crippen LogP contribution in [0.4, 0.5) is 0 Å². The molecule has 0 aromatic rings. The van der Waals surface area contributed by atoms with Crippen LogP contribution < -0.4 is 5.32 Å². The molecule has 0 aromatic heterocycles. The number of nitrogens with zero attached hydrogens (tertiary/aromatic N) is 1. The SMILES string of the molecule is CC(CCNC(C)(C)C)N1CCC(C)(C)CC1. The molecule has 2 nitrogen and oxygen atoms in total. The zero-order chi connectivity index (χ0) is 13.1. The van der Waals surface area contributed by atoms with E-state index in [0.29, 0.717) is 5.41 Å². The van der Waals surface area contributed by atoms with Gasteiger partial charge in [-0.15, -0.1) is 0 Å². The van der Waals surface area contributed by atoms with Gasteiger partial charge in [-0.2, -0.15) is 0 Å². The number of piperidine rings is 1. The second-order valence-corrected chi connectivity index (χ2v) is 7.51. The van der Waals surface area contributed by atoms with Crippen molar-refractivity contribution >= 4 is 0 Å². The lowest BCUT2D eigenvalue weighted by atomic mass is 9.82. The molecule has 2 heteroatoms. The lowest BCUT2D eigenvalue weighted by Crippen LogP contribution is -2.44. The molecule has 1 N–H and O–H groups in total. The fourth-order valence-electron chi connectivity index (χ4n) is 2.41. The lowest BCUT2D eigenvalue weighted by Gasteiger charge is -2.40. The predicted molar refractivity (Wildman–Crippen MR) is 76.4 cm³/mol. The number of nitrogens with one attached hydrogen (secondary N) is 1. The summed E-state index contributed by atoms with van der Waals surface area (Å²) in [4.78, 5) is 2.66. The van der Waals surface area contributed by atoms with Gasteiger partial charge in [-0.1, -0.05) is 13.8 Å². The van der Waals surface area contributed by atoms with Crippen LogP contribution in [0.2, 0.25) is 0 Å². The quantitative estimate of drug-likeness (QED) is 0.811. The van der Waals surface area contributed by atoms with Crippen molar-refractivity contribution in [2.24, 2.45) is 5.41 Å². The third-order valence-electron chi connectivity index (χ3n) is 3.99. The molecule has 1 fully saturated rings. The Morgan fingerprint density at radius 2 is 1.71 bits per heavy atom. The standard InChI is InChI=1S/C15H32N2/c1-13(7-10-16-14(2,3)4)17-11-8-15(5,6)9-12-17/h13,16H,7-12H2,1-6H3. The Hall–Kier alpha value is -0.0800. The summed E-state index contributed by atoms with van der Waals surface area (Å²) in [6.45, 7) is 17.6. The Kier molecular flexibility index (Phi) is 5.03. The van der Waals surface area contributed by atoms with Crippen molar-refractivity contribution in [1.82, 2.24) is 10.2 Å². The summed E-state index contributed by atoms with van der Waals surface area (Å²) >= 11 is 0. The Morgan fingerprint density at radius 3 is 2.18 bits per heavy atom. The molecule has 0 aromatic carbocycles. The zero-order valence-electron chi connectivity index (χ0n) is 12.8. The van der Waals surface area contributed by atoms with Gasteiger partial charge in [0.2, 0.25) is 0 Å². The Morgan fingerprint density at radius 1 is 1.18 bits per heavy atom. The topological polar surface area (TPSA) is 15.3 Å². The molecule has 1 unspecified atom stereocenters. The van der Waals surface area contributed by atoms with Crippen molar-refractivity contribution in [3.63, 3.8) is 0 Å². The van der Waals surface area contributed by atoms with Gasteiger partial charge >= 0.3 is 0 Å². The highest BCUT2D eigenvalue weighted by molar-refractivity contribution is 4.82. The van der Waals surface area contributed by atoms with Gasteiger partial charge in [0, 0.05) is 11.6 Å². The summed E-state index contributed by atoms with van der Waals surface area (Å²) in [5.41, 5.74) is 0.823. The zero-order valence-corrected chi connectivity index (χ0v) is 12.8. The van der Waals surface area contributed by atoms with E-state index in [0.717, 1.165) is 12.6 Å². The molecule has 0 saturated carbocycles. The monoisotopic (exact) mass is 240 g/mol. The van der Waals surface area contributed by atoms with E-state index < -0.39 is 0 Å². The van der Waals surface area contributed by atoms with Gasteiger partial charge < -0.3 is 10.2 Å². The molecule has 0 bridgehead atoms. The second-order valence-electron chi connectivity index (χ2n) is 7.51. The molecule has 0 aliphatic carbocycles. The first-order valence-electron chi connectivity index (χ1n) is 7.19. The molecular weight excluding hydrogens is 208 g/mol. The number of hydrogen-bond acceptors (Lipinski definition) is 2. The summed E-state index contributed by atoms with van der Waals surface area (Å²) in [7, 11) is 0. The Labute approximate surface area is 108 Å². The average molecular weight is 240 g/mol. The summed E-state index contributed by atoms with van der Waals surface area (Å²) < 4.78 is 0. The molecule has 1 aliphatic heterocycles. The Bertz CT molecular complexity index is 218. The van der Waals surface area contributed by atoms with Gasteiger partial charge in [0.05, 0.1) is 0 Å². The molecule has 0 spiro atoms. The van der Waals surface area contributed by atoms with Crippen LogP contribution in [-0.2, 0) is 0 Å². The van der Waals surface area contributed by atoms with Crippen molar-refractivity contribution in [2.45, 2.75) is 72.4 Å². The first-order chi connectivity index (χ1) is 7.70. The largest absolute Gasteiger partial charge is 0.312 e. The van der Waals surface area contributed by atoms with E-state index in [1.807, 2.05) is 0 Å². The second kappa shape index (κ2) is 5.71. The van der Waals surface area contributed by atoms with Gasteiger partial charge in [0.1, 0.15) is 0 Å². The molecule has 17 heavy (non-hydrogen) atoms. The van der Waals surface area contributed by atoms with E-state index in [1.165, 1.54) is 32.4 Å². The van der Waals surface area contributed by atoms with Gasteiger partial charge in [0.25, 0.3) is 0 Å². The van der Waals surface area contributed by atoms with E-state index in [2.05, 4.69) is 51.8 Å². The van der Waals surface area contributed by atoms with Gasteiger partial charge in [-0.05, 0) is 72.0 Å². The fourth-order valence-corrected chi connectivity index (χ4v) is 2.41. The summed E-state index contributed by atoms with van der Waals surface area (Å²) in [6.07, 6.45) is 3.96. The van der Waals surface area contributed by atoms with Crippen LogP contribution in [0.15, 0.2) is 0 Å². The number of likely N-dealkylation sites (tertiary alicyclic amines) is 1. The van der Waals surface area contributed by atoms with E-state index in [9.17, 15) is 0 Å². The summed E-state index contributed by atoms with van der Waals surface area (Å²) in [6, 6.07) is 0.723. The average Bonchev–Trinajstić information content (AvgIpc) is 2.15. The molecule has 1 saturated heterocycles. The van der Waals surface area contributed by atoms with Crippen LogP contribution >= 0.6 is 0 Å². The van der Waals surface area contributed by atoms with Gasteiger partial charge in [-0.3, -0.25) is 0 Å². The molecule has 1 heterocycles. The van der Waals surface area contributed by atoms with E-state index >= 15 is 0 Å². The molecule has 1 rings (SSSR count). The van der Waals surface area contributed by atoms with Crippen LogP contribution in [-0.4, -0.2) is 36.1 Å². The van der Waals surface area contributed by atoms with Crippen molar-refractivity contribution in [2.75, 3.05) is 19.6 Å². The van der Waals surface area contributed by atoms with Crippen LogP contribution in [0, 0.1) is 5.41 Å². The minimum absolute atomic E-state index is 0.254. The van der Waals surface area contributed by atoms with Gasteiger partial charge in [0.15, 0.2) is 0 Å². The highest BCUT2D eigenvalue weighted by atomic mass is 15.2. The molecule has 0 radical (unpaired) electrons. The van der Waals surface area contributed by atoms with Crippen LogP contribution in [0.5, 0.6) is 0 Å². The van der Waals surface area contributed by atoms with E-state index in [4.69, 9.17) is 0 Å². The van der Waals surface area contributed by atoms with E-state index in [1.54, 1.807) is 0 Å².